The summed E-state index contributed by atoms with van der Waals surface area (Å²) < 4.78 is 5.73. The van der Waals surface area contributed by atoms with Crippen molar-refractivity contribution in [2.24, 2.45) is 5.10 Å². The zero-order chi connectivity index (χ0) is 20.8. The summed E-state index contributed by atoms with van der Waals surface area (Å²) in [6.07, 6.45) is 1.64. The summed E-state index contributed by atoms with van der Waals surface area (Å²) in [7, 11) is 0. The molecule has 0 saturated heterocycles. The number of anilines is 1. The molecule has 0 fully saturated rings. The van der Waals surface area contributed by atoms with Crippen LogP contribution in [-0.2, 0) is 4.79 Å². The lowest BCUT2D eigenvalue weighted by Gasteiger charge is -2.10. The van der Waals surface area contributed by atoms with E-state index in [0.717, 1.165) is 38.5 Å². The highest BCUT2D eigenvalue weighted by molar-refractivity contribution is 6.03. The van der Waals surface area contributed by atoms with Crippen LogP contribution in [0.15, 0.2) is 84.0 Å². The fraction of sp³-hybridized carbons (Fsp3) is 0.120. The lowest BCUT2D eigenvalue weighted by Crippen LogP contribution is -2.26. The molecule has 0 aliphatic carbocycles. The maximum atomic E-state index is 12.3. The molecule has 4 rings (SSSR count). The summed E-state index contributed by atoms with van der Waals surface area (Å²) in [5.41, 5.74) is 4.36. The van der Waals surface area contributed by atoms with Crippen molar-refractivity contribution in [2.45, 2.75) is 6.92 Å². The van der Waals surface area contributed by atoms with E-state index in [-0.39, 0.29) is 12.5 Å². The van der Waals surface area contributed by atoms with Crippen LogP contribution < -0.4 is 15.5 Å². The molecule has 5 nitrogen and oxygen atoms in total. The zero-order valence-corrected chi connectivity index (χ0v) is 16.8. The SMILES string of the molecule is CCOc1ccc2ccccc2c1C=NNC(=O)CNc1cccc2ccccc12. The Morgan fingerprint density at radius 2 is 1.60 bits per heavy atom. The standard InChI is InChI=1S/C25H23N3O2/c1-2-30-24-15-14-19-9-3-5-11-20(19)22(24)16-27-28-25(29)17-26-23-13-7-10-18-8-4-6-12-21(18)23/h3-16,26H,2,17H2,1H3,(H,28,29). The van der Waals surface area contributed by atoms with Gasteiger partial charge >= 0.3 is 0 Å². The normalized spacial score (nSPS) is 11.1. The minimum absolute atomic E-state index is 0.124. The average molecular weight is 397 g/mol. The molecule has 0 aliphatic heterocycles. The van der Waals surface area contributed by atoms with Gasteiger partial charge in [0.05, 0.1) is 19.4 Å². The molecule has 0 saturated carbocycles. The minimum atomic E-state index is -0.225. The van der Waals surface area contributed by atoms with Crippen LogP contribution in [0, 0.1) is 0 Å². The van der Waals surface area contributed by atoms with Crippen molar-refractivity contribution in [3.05, 3.63) is 84.4 Å². The number of rotatable bonds is 7. The van der Waals surface area contributed by atoms with Gasteiger partial charge in [0.25, 0.3) is 5.91 Å². The largest absolute Gasteiger partial charge is 0.493 e. The number of nitrogens with one attached hydrogen (secondary N) is 2. The number of amides is 1. The lowest BCUT2D eigenvalue weighted by molar-refractivity contribution is -0.119. The number of benzene rings is 4. The highest BCUT2D eigenvalue weighted by Gasteiger charge is 2.07. The molecule has 0 radical (unpaired) electrons. The fourth-order valence-corrected chi connectivity index (χ4v) is 3.45. The Kier molecular flexibility index (Phi) is 5.90. The van der Waals surface area contributed by atoms with Gasteiger partial charge in [0.15, 0.2) is 0 Å². The lowest BCUT2D eigenvalue weighted by atomic mass is 10.0. The summed E-state index contributed by atoms with van der Waals surface area (Å²) in [4.78, 5) is 12.3. The third kappa shape index (κ3) is 4.25. The first kappa shape index (κ1) is 19.5. The molecule has 5 heteroatoms. The molecule has 0 atom stereocenters. The number of hydrogen-bond donors (Lipinski definition) is 2. The first-order valence-electron chi connectivity index (χ1n) is 9.94. The van der Waals surface area contributed by atoms with E-state index in [0.29, 0.717) is 6.61 Å². The number of nitrogens with zero attached hydrogens (tertiary/aromatic N) is 1. The van der Waals surface area contributed by atoms with E-state index in [1.807, 2.05) is 85.8 Å². The summed E-state index contributed by atoms with van der Waals surface area (Å²) in [6, 6.07) is 26.0. The third-order valence-electron chi connectivity index (χ3n) is 4.84. The van der Waals surface area contributed by atoms with Crippen LogP contribution in [0.3, 0.4) is 0 Å². The van der Waals surface area contributed by atoms with Crippen molar-refractivity contribution in [3.8, 4) is 5.75 Å². The van der Waals surface area contributed by atoms with Crippen molar-refractivity contribution in [3.63, 3.8) is 0 Å². The van der Waals surface area contributed by atoms with Gasteiger partial charge in [-0.2, -0.15) is 5.10 Å². The Bertz CT molecular complexity index is 1210. The second-order valence-corrected chi connectivity index (χ2v) is 6.80. The highest BCUT2D eigenvalue weighted by atomic mass is 16.5. The quantitative estimate of drug-likeness (QED) is 0.342. The molecule has 0 aromatic heterocycles. The van der Waals surface area contributed by atoms with E-state index in [1.54, 1.807) is 6.21 Å². The average Bonchev–Trinajstić information content (AvgIpc) is 2.79. The summed E-state index contributed by atoms with van der Waals surface area (Å²) in [5, 5.41) is 11.7. The van der Waals surface area contributed by atoms with Crippen molar-refractivity contribution < 1.29 is 9.53 Å². The monoisotopic (exact) mass is 397 g/mol. The number of hydrazone groups is 1. The van der Waals surface area contributed by atoms with Gasteiger partial charge in [-0.25, -0.2) is 5.43 Å². The van der Waals surface area contributed by atoms with E-state index in [9.17, 15) is 4.79 Å². The van der Waals surface area contributed by atoms with E-state index in [4.69, 9.17) is 4.74 Å². The molecule has 0 bridgehead atoms. The van der Waals surface area contributed by atoms with Gasteiger partial charge in [-0.3, -0.25) is 4.79 Å². The van der Waals surface area contributed by atoms with E-state index in [1.165, 1.54) is 0 Å². The number of carbonyl (C=O) groups is 1. The van der Waals surface area contributed by atoms with E-state index >= 15 is 0 Å². The number of carbonyl (C=O) groups excluding carboxylic acids is 1. The van der Waals surface area contributed by atoms with Crippen LogP contribution in [-0.4, -0.2) is 25.3 Å². The second-order valence-electron chi connectivity index (χ2n) is 6.80. The number of fused-ring (bicyclic) bond motifs is 2. The predicted octanol–water partition coefficient (Wildman–Crippen LogP) is 4.95. The minimum Gasteiger partial charge on any atom is -0.493 e. The Labute approximate surface area is 175 Å². The van der Waals surface area contributed by atoms with E-state index < -0.39 is 0 Å². The first-order valence-corrected chi connectivity index (χ1v) is 9.94. The molecule has 30 heavy (non-hydrogen) atoms. The molecule has 4 aromatic rings. The van der Waals surface area contributed by atoms with Gasteiger partial charge in [0, 0.05) is 16.6 Å². The Morgan fingerprint density at radius 1 is 0.900 bits per heavy atom. The van der Waals surface area contributed by atoms with Gasteiger partial charge < -0.3 is 10.1 Å². The van der Waals surface area contributed by atoms with Gasteiger partial charge in [-0.1, -0.05) is 66.7 Å². The van der Waals surface area contributed by atoms with Gasteiger partial charge in [-0.05, 0) is 35.2 Å². The molecule has 0 spiro atoms. The molecule has 1 amide bonds. The predicted molar refractivity (Wildman–Crippen MR) is 123 cm³/mol. The topological polar surface area (TPSA) is 62.7 Å². The van der Waals surface area contributed by atoms with Crippen LogP contribution in [0.25, 0.3) is 21.5 Å². The molecule has 0 unspecified atom stereocenters. The summed E-state index contributed by atoms with van der Waals surface area (Å²) >= 11 is 0. The van der Waals surface area contributed by atoms with Gasteiger partial charge in [0.2, 0.25) is 0 Å². The molecule has 4 aromatic carbocycles. The summed E-state index contributed by atoms with van der Waals surface area (Å²) in [5.74, 6) is 0.514. The molecular formula is C25H23N3O2. The maximum absolute atomic E-state index is 12.3. The maximum Gasteiger partial charge on any atom is 0.259 e. The molecule has 0 aliphatic rings. The Balaban J connectivity index is 1.45. The van der Waals surface area contributed by atoms with Gasteiger partial charge in [0.1, 0.15) is 5.75 Å². The Hall–Kier alpha value is -3.86. The molecule has 2 N–H and O–H groups in total. The van der Waals surface area contributed by atoms with Crippen LogP contribution in [0.2, 0.25) is 0 Å². The highest BCUT2D eigenvalue weighted by Crippen LogP contribution is 2.26. The second kappa shape index (κ2) is 9.09. The van der Waals surface area contributed by atoms with E-state index in [2.05, 4.69) is 15.8 Å². The first-order chi connectivity index (χ1) is 14.8. The van der Waals surface area contributed by atoms with Crippen LogP contribution in [0.5, 0.6) is 5.75 Å². The third-order valence-corrected chi connectivity index (χ3v) is 4.84. The van der Waals surface area contributed by atoms with Gasteiger partial charge in [-0.15, -0.1) is 0 Å². The van der Waals surface area contributed by atoms with Crippen molar-refractivity contribution in [1.82, 2.24) is 5.43 Å². The number of hydrogen-bond acceptors (Lipinski definition) is 4. The Morgan fingerprint density at radius 3 is 2.40 bits per heavy atom. The van der Waals surface area contributed by atoms with Crippen LogP contribution in [0.1, 0.15) is 12.5 Å². The van der Waals surface area contributed by atoms with Crippen molar-refractivity contribution in [2.75, 3.05) is 18.5 Å². The van der Waals surface area contributed by atoms with Crippen LogP contribution in [0.4, 0.5) is 5.69 Å². The zero-order valence-electron chi connectivity index (χ0n) is 16.8. The van der Waals surface area contributed by atoms with Crippen molar-refractivity contribution in [1.29, 1.82) is 0 Å². The molecule has 150 valence electrons. The molecule has 0 heterocycles. The number of ether oxygens (including phenoxy) is 1. The fourth-order valence-electron chi connectivity index (χ4n) is 3.45. The molecular weight excluding hydrogens is 374 g/mol. The van der Waals surface area contributed by atoms with Crippen LogP contribution >= 0.6 is 0 Å². The van der Waals surface area contributed by atoms with Crippen molar-refractivity contribution >= 4 is 39.4 Å². The summed E-state index contributed by atoms with van der Waals surface area (Å²) in [6.45, 7) is 2.62. The smallest absolute Gasteiger partial charge is 0.259 e.